The Kier molecular flexibility index (Phi) is 4.36. The van der Waals surface area contributed by atoms with E-state index in [4.69, 9.17) is 4.74 Å². The Labute approximate surface area is 143 Å². The van der Waals surface area contributed by atoms with Crippen LogP contribution in [-0.2, 0) is 21.3 Å². The molecule has 3 fully saturated rings. The molecule has 0 spiro atoms. The number of ether oxygens (including phenoxy) is 1. The minimum Gasteiger partial charge on any atom is -0.381 e. The summed E-state index contributed by atoms with van der Waals surface area (Å²) in [5, 5.41) is -0.135. The topological polar surface area (TPSA) is 62.7 Å². The Balaban J connectivity index is 1.53. The third-order valence-electron chi connectivity index (χ3n) is 5.59. The van der Waals surface area contributed by atoms with Crippen molar-refractivity contribution >= 4 is 10.0 Å². The van der Waals surface area contributed by atoms with Gasteiger partial charge in [-0.3, -0.25) is 9.88 Å². The molecule has 3 heterocycles. The predicted octanol–water partition coefficient (Wildman–Crippen LogP) is 1.09. The van der Waals surface area contributed by atoms with Crippen LogP contribution in [0.5, 0.6) is 0 Å². The Bertz CT molecular complexity index is 678. The Hall–Kier alpha value is -1.02. The van der Waals surface area contributed by atoms with Crippen molar-refractivity contribution in [3.8, 4) is 0 Å². The van der Waals surface area contributed by atoms with Crippen molar-refractivity contribution in [2.24, 2.45) is 5.92 Å². The van der Waals surface area contributed by atoms with E-state index in [1.165, 1.54) is 5.56 Å². The fourth-order valence-corrected chi connectivity index (χ4v) is 6.32. The fraction of sp³-hybridized carbons (Fsp3) is 0.706. The van der Waals surface area contributed by atoms with Gasteiger partial charge in [-0.05, 0) is 30.9 Å². The van der Waals surface area contributed by atoms with E-state index >= 15 is 0 Å². The van der Waals surface area contributed by atoms with Crippen LogP contribution in [0.2, 0.25) is 0 Å². The number of sulfonamides is 1. The molecule has 7 heteroatoms. The maximum Gasteiger partial charge on any atom is 0.217 e. The van der Waals surface area contributed by atoms with Gasteiger partial charge in [0.1, 0.15) is 0 Å². The molecule has 0 N–H and O–H groups in total. The van der Waals surface area contributed by atoms with Gasteiger partial charge in [0.25, 0.3) is 0 Å². The highest BCUT2D eigenvalue weighted by molar-refractivity contribution is 7.90. The number of nitrogens with zero attached hydrogens (tertiary/aromatic N) is 3. The summed E-state index contributed by atoms with van der Waals surface area (Å²) in [6.07, 6.45) is 6.25. The van der Waals surface area contributed by atoms with Crippen LogP contribution in [0.15, 0.2) is 24.5 Å². The van der Waals surface area contributed by atoms with Gasteiger partial charge in [-0.15, -0.1) is 0 Å². The summed E-state index contributed by atoms with van der Waals surface area (Å²) >= 11 is 0. The van der Waals surface area contributed by atoms with Gasteiger partial charge in [0, 0.05) is 57.6 Å². The number of pyridine rings is 1. The zero-order valence-corrected chi connectivity index (χ0v) is 14.9. The van der Waals surface area contributed by atoms with Crippen LogP contribution in [0.3, 0.4) is 0 Å². The number of methoxy groups -OCH3 is 1. The maximum absolute atomic E-state index is 12.8. The van der Waals surface area contributed by atoms with Crippen molar-refractivity contribution < 1.29 is 13.2 Å². The second kappa shape index (κ2) is 6.37. The van der Waals surface area contributed by atoms with E-state index in [1.807, 2.05) is 12.3 Å². The molecule has 0 radical (unpaired) electrons. The first kappa shape index (κ1) is 16.4. The molecule has 0 bridgehead atoms. The van der Waals surface area contributed by atoms with Crippen molar-refractivity contribution in [3.05, 3.63) is 30.1 Å². The second-order valence-corrected chi connectivity index (χ2v) is 9.37. The molecule has 0 aromatic carbocycles. The third-order valence-corrected chi connectivity index (χ3v) is 8.02. The molecule has 0 amide bonds. The lowest BCUT2D eigenvalue weighted by Crippen LogP contribution is -2.54. The molecule has 0 unspecified atom stereocenters. The zero-order valence-electron chi connectivity index (χ0n) is 14.0. The van der Waals surface area contributed by atoms with Crippen LogP contribution in [0.25, 0.3) is 0 Å². The SMILES string of the molecule is CO[C@@H]1CCN(S(=O)(=O)C2CC2)[C@H]2CN(Cc3cccnc3)C[C@@H]12. The summed E-state index contributed by atoms with van der Waals surface area (Å²) in [7, 11) is -1.39. The molecule has 1 aromatic rings. The Morgan fingerprint density at radius 3 is 2.79 bits per heavy atom. The molecule has 1 saturated carbocycles. The molecular weight excluding hydrogens is 326 g/mol. The minimum absolute atomic E-state index is 0.0472. The first-order valence-corrected chi connectivity index (χ1v) is 10.2. The first-order valence-electron chi connectivity index (χ1n) is 8.74. The summed E-state index contributed by atoms with van der Waals surface area (Å²) in [6.45, 7) is 3.08. The highest BCUT2D eigenvalue weighted by Crippen LogP contribution is 2.39. The van der Waals surface area contributed by atoms with Crippen molar-refractivity contribution in [2.75, 3.05) is 26.7 Å². The number of piperidine rings is 1. The standard InChI is InChI=1S/C17H25N3O3S/c1-23-17-6-8-20(24(21,22)14-4-5-14)16-12-19(11-15(16)17)10-13-3-2-7-18-9-13/h2-3,7,9,14-17H,4-6,8,10-12H2,1H3/t15-,16+,17-/m1/s1. The van der Waals surface area contributed by atoms with Crippen molar-refractivity contribution in [1.29, 1.82) is 0 Å². The van der Waals surface area contributed by atoms with Crippen LogP contribution in [0, 0.1) is 5.92 Å². The number of hydrogen-bond acceptors (Lipinski definition) is 5. The molecule has 132 valence electrons. The lowest BCUT2D eigenvalue weighted by Gasteiger charge is -2.40. The summed E-state index contributed by atoms with van der Waals surface area (Å²) in [6, 6.07) is 4.06. The molecule has 3 atom stereocenters. The second-order valence-electron chi connectivity index (χ2n) is 7.20. The van der Waals surface area contributed by atoms with Crippen LogP contribution in [0.4, 0.5) is 0 Å². The monoisotopic (exact) mass is 351 g/mol. The van der Waals surface area contributed by atoms with E-state index in [9.17, 15) is 8.42 Å². The van der Waals surface area contributed by atoms with Gasteiger partial charge in [0.05, 0.1) is 11.4 Å². The van der Waals surface area contributed by atoms with Gasteiger partial charge in [-0.25, -0.2) is 8.42 Å². The van der Waals surface area contributed by atoms with Gasteiger partial charge in [0.15, 0.2) is 0 Å². The number of aromatic nitrogens is 1. The van der Waals surface area contributed by atoms with Crippen LogP contribution in [-0.4, -0.2) is 66.7 Å². The molecule has 3 aliphatic rings. The predicted molar refractivity (Wildman–Crippen MR) is 90.9 cm³/mol. The normalized spacial score (nSPS) is 32.0. The first-order chi connectivity index (χ1) is 11.6. The molecular formula is C17H25N3O3S. The van der Waals surface area contributed by atoms with Gasteiger partial charge in [-0.2, -0.15) is 4.31 Å². The number of likely N-dealkylation sites (tertiary alicyclic amines) is 1. The number of fused-ring (bicyclic) bond motifs is 1. The quantitative estimate of drug-likeness (QED) is 0.795. The molecule has 24 heavy (non-hydrogen) atoms. The molecule has 1 aliphatic carbocycles. The number of hydrogen-bond donors (Lipinski definition) is 0. The summed E-state index contributed by atoms with van der Waals surface area (Å²) in [5.74, 6) is 0.258. The van der Waals surface area contributed by atoms with Gasteiger partial charge < -0.3 is 4.74 Å². The molecule has 2 aliphatic heterocycles. The minimum atomic E-state index is -3.13. The average Bonchev–Trinajstić information content (AvgIpc) is 3.36. The average molecular weight is 351 g/mol. The summed E-state index contributed by atoms with van der Waals surface area (Å²) in [5.41, 5.74) is 1.17. The van der Waals surface area contributed by atoms with E-state index in [1.54, 1.807) is 17.6 Å². The Morgan fingerprint density at radius 2 is 2.12 bits per heavy atom. The van der Waals surface area contributed by atoms with E-state index in [-0.39, 0.29) is 23.3 Å². The maximum atomic E-state index is 12.8. The highest BCUT2D eigenvalue weighted by atomic mass is 32.2. The van der Waals surface area contributed by atoms with Crippen molar-refractivity contribution in [3.63, 3.8) is 0 Å². The summed E-state index contributed by atoms with van der Waals surface area (Å²) < 4.78 is 33.1. The fourth-order valence-electron chi connectivity index (χ4n) is 4.24. The van der Waals surface area contributed by atoms with Gasteiger partial charge >= 0.3 is 0 Å². The molecule has 1 aromatic heterocycles. The molecule has 6 nitrogen and oxygen atoms in total. The largest absolute Gasteiger partial charge is 0.381 e. The van der Waals surface area contributed by atoms with Crippen LogP contribution < -0.4 is 0 Å². The van der Waals surface area contributed by atoms with Crippen LogP contribution in [0.1, 0.15) is 24.8 Å². The van der Waals surface area contributed by atoms with E-state index in [0.717, 1.165) is 38.9 Å². The van der Waals surface area contributed by atoms with E-state index < -0.39 is 10.0 Å². The van der Waals surface area contributed by atoms with Gasteiger partial charge in [-0.1, -0.05) is 6.07 Å². The van der Waals surface area contributed by atoms with Gasteiger partial charge in [0.2, 0.25) is 10.0 Å². The van der Waals surface area contributed by atoms with E-state index in [0.29, 0.717) is 6.54 Å². The third kappa shape index (κ3) is 2.98. The lowest BCUT2D eigenvalue weighted by atomic mass is 9.91. The van der Waals surface area contributed by atoms with Crippen molar-refractivity contribution in [1.82, 2.24) is 14.2 Å². The van der Waals surface area contributed by atoms with E-state index in [2.05, 4.69) is 16.0 Å². The highest BCUT2D eigenvalue weighted by Gasteiger charge is 2.51. The Morgan fingerprint density at radius 1 is 1.29 bits per heavy atom. The summed E-state index contributed by atoms with van der Waals surface area (Å²) in [4.78, 5) is 6.52. The van der Waals surface area contributed by atoms with Crippen molar-refractivity contribution in [2.45, 2.75) is 43.2 Å². The molecule has 4 rings (SSSR count). The zero-order chi connectivity index (χ0) is 16.7. The smallest absolute Gasteiger partial charge is 0.217 e. The lowest BCUT2D eigenvalue weighted by molar-refractivity contribution is 0.00224. The number of rotatable bonds is 5. The van der Waals surface area contributed by atoms with Crippen LogP contribution >= 0.6 is 0 Å². The molecule has 2 saturated heterocycles.